The highest BCUT2D eigenvalue weighted by atomic mass is 35.5. The summed E-state index contributed by atoms with van der Waals surface area (Å²) in [6, 6.07) is 1.58. The lowest BCUT2D eigenvalue weighted by Gasteiger charge is -2.04. The lowest BCUT2D eigenvalue weighted by molar-refractivity contribution is 1.47. The zero-order chi connectivity index (χ0) is 8.59. The molecule has 0 aliphatic rings. The molecule has 0 fully saturated rings. The average Bonchev–Trinajstić information content (AvgIpc) is 1.97. The zero-order valence-corrected chi connectivity index (χ0v) is 8.61. The molecule has 0 nitrogen and oxygen atoms in total. The molecule has 1 aromatic rings. The Hall–Kier alpha value is 0.380. The minimum atomic E-state index is 0.357. The van der Waals surface area contributed by atoms with Crippen molar-refractivity contribution in [2.75, 3.05) is 0 Å². The summed E-state index contributed by atoms with van der Waals surface area (Å²) in [6.07, 6.45) is 0. The molecule has 0 spiro atoms. The first-order valence-electron chi connectivity index (χ1n) is 2.83. The second-order valence-corrected chi connectivity index (χ2v) is 3.66. The Bertz CT molecular complexity index is 267. The molecule has 0 heterocycles. The van der Waals surface area contributed by atoms with E-state index in [4.69, 9.17) is 46.4 Å². The van der Waals surface area contributed by atoms with Crippen LogP contribution in [0.3, 0.4) is 0 Å². The fourth-order valence-electron chi connectivity index (χ4n) is 0.657. The van der Waals surface area contributed by atoms with Crippen molar-refractivity contribution in [3.05, 3.63) is 31.7 Å². The third-order valence-electron chi connectivity index (χ3n) is 1.34. The van der Waals surface area contributed by atoms with Crippen LogP contribution in [0.25, 0.3) is 0 Å². The standard InChI is InChI=1S/C7H4Cl4/c1-3-4(8)2-5(9)7(11)6(3)10/h2H,1H3. The van der Waals surface area contributed by atoms with Crippen LogP contribution < -0.4 is 0 Å². The molecule has 0 radical (unpaired) electrons. The van der Waals surface area contributed by atoms with Gasteiger partial charge in [0.05, 0.1) is 15.1 Å². The summed E-state index contributed by atoms with van der Waals surface area (Å²) in [4.78, 5) is 0. The molecular weight excluding hydrogens is 226 g/mol. The second-order valence-electron chi connectivity index (χ2n) is 2.09. The Balaban J connectivity index is 3.46. The van der Waals surface area contributed by atoms with Crippen LogP contribution in [0.4, 0.5) is 0 Å². The van der Waals surface area contributed by atoms with Gasteiger partial charge in [0.25, 0.3) is 0 Å². The maximum Gasteiger partial charge on any atom is 0.0782 e. The van der Waals surface area contributed by atoms with E-state index in [-0.39, 0.29) is 0 Å². The molecule has 0 aliphatic heterocycles. The van der Waals surface area contributed by atoms with Gasteiger partial charge in [0.2, 0.25) is 0 Å². The molecule has 0 unspecified atom stereocenters. The number of benzene rings is 1. The van der Waals surface area contributed by atoms with Gasteiger partial charge < -0.3 is 0 Å². The van der Waals surface area contributed by atoms with Crippen molar-refractivity contribution >= 4 is 46.4 Å². The predicted octanol–water partition coefficient (Wildman–Crippen LogP) is 4.61. The highest BCUT2D eigenvalue weighted by Crippen LogP contribution is 2.36. The Kier molecular flexibility index (Phi) is 2.93. The molecular formula is C7H4Cl4. The van der Waals surface area contributed by atoms with Crippen molar-refractivity contribution < 1.29 is 0 Å². The fourth-order valence-corrected chi connectivity index (χ4v) is 1.62. The fraction of sp³-hybridized carbons (Fsp3) is 0.143. The molecule has 0 bridgehead atoms. The first-order chi connectivity index (χ1) is 5.04. The summed E-state index contributed by atoms with van der Waals surface area (Å²) in [5, 5.41) is 1.69. The van der Waals surface area contributed by atoms with Gasteiger partial charge >= 0.3 is 0 Å². The Morgan fingerprint density at radius 1 is 0.909 bits per heavy atom. The lowest BCUT2D eigenvalue weighted by atomic mass is 10.2. The molecule has 1 aromatic carbocycles. The van der Waals surface area contributed by atoms with Crippen LogP contribution in [-0.4, -0.2) is 0 Å². The van der Waals surface area contributed by atoms with E-state index in [1.54, 1.807) is 13.0 Å². The highest BCUT2D eigenvalue weighted by molar-refractivity contribution is 6.49. The molecule has 0 saturated heterocycles. The largest absolute Gasteiger partial charge is 0.0839 e. The monoisotopic (exact) mass is 228 g/mol. The summed E-state index contributed by atoms with van der Waals surface area (Å²) in [5.74, 6) is 0. The van der Waals surface area contributed by atoms with E-state index in [1.165, 1.54) is 0 Å². The van der Waals surface area contributed by atoms with Crippen molar-refractivity contribution in [1.82, 2.24) is 0 Å². The number of hydrogen-bond acceptors (Lipinski definition) is 0. The number of halogens is 4. The van der Waals surface area contributed by atoms with Gasteiger partial charge in [-0.1, -0.05) is 46.4 Å². The molecule has 60 valence electrons. The van der Waals surface area contributed by atoms with E-state index in [9.17, 15) is 0 Å². The molecule has 0 aromatic heterocycles. The van der Waals surface area contributed by atoms with Gasteiger partial charge in [0.1, 0.15) is 0 Å². The highest BCUT2D eigenvalue weighted by Gasteiger charge is 2.09. The van der Waals surface area contributed by atoms with E-state index >= 15 is 0 Å². The topological polar surface area (TPSA) is 0 Å². The van der Waals surface area contributed by atoms with Crippen molar-refractivity contribution in [2.24, 2.45) is 0 Å². The number of rotatable bonds is 0. The molecule has 0 saturated carbocycles. The van der Waals surface area contributed by atoms with E-state index in [1.807, 2.05) is 0 Å². The van der Waals surface area contributed by atoms with E-state index in [2.05, 4.69) is 0 Å². The van der Waals surface area contributed by atoms with Crippen molar-refractivity contribution in [3.63, 3.8) is 0 Å². The third kappa shape index (κ3) is 1.75. The first kappa shape index (κ1) is 9.47. The van der Waals surface area contributed by atoms with Gasteiger partial charge in [0.15, 0.2) is 0 Å². The maximum atomic E-state index is 5.79. The SMILES string of the molecule is Cc1c(Cl)cc(Cl)c(Cl)c1Cl. The quantitative estimate of drug-likeness (QED) is 0.450. The van der Waals surface area contributed by atoms with Crippen molar-refractivity contribution in [2.45, 2.75) is 6.92 Å². The average molecular weight is 230 g/mol. The van der Waals surface area contributed by atoms with Crippen molar-refractivity contribution in [3.8, 4) is 0 Å². The van der Waals surface area contributed by atoms with E-state index < -0.39 is 0 Å². The van der Waals surface area contributed by atoms with Crippen LogP contribution in [0.5, 0.6) is 0 Å². The molecule has 1 rings (SSSR count). The molecule has 11 heavy (non-hydrogen) atoms. The Morgan fingerprint density at radius 3 is 2.00 bits per heavy atom. The van der Waals surface area contributed by atoms with Gasteiger partial charge in [-0.3, -0.25) is 0 Å². The molecule has 0 N–H and O–H groups in total. The molecule has 0 amide bonds. The van der Waals surface area contributed by atoms with Crippen LogP contribution in [0.1, 0.15) is 5.56 Å². The van der Waals surface area contributed by atoms with Gasteiger partial charge in [0, 0.05) is 5.02 Å². The zero-order valence-electron chi connectivity index (χ0n) is 5.59. The summed E-state index contributed by atoms with van der Waals surface area (Å²) in [6.45, 7) is 1.78. The van der Waals surface area contributed by atoms with Crippen LogP contribution in [0.15, 0.2) is 6.07 Å². The minimum absolute atomic E-state index is 0.357. The normalized spacial score (nSPS) is 10.3. The molecule has 4 heteroatoms. The van der Waals surface area contributed by atoms with Crippen LogP contribution in [-0.2, 0) is 0 Å². The first-order valence-corrected chi connectivity index (χ1v) is 4.35. The Labute approximate surface area is 85.0 Å². The lowest BCUT2D eigenvalue weighted by Crippen LogP contribution is -1.80. The van der Waals surface area contributed by atoms with Gasteiger partial charge in [-0.15, -0.1) is 0 Å². The summed E-state index contributed by atoms with van der Waals surface area (Å²) in [5.41, 5.74) is 0.753. The van der Waals surface area contributed by atoms with E-state index in [0.29, 0.717) is 20.1 Å². The minimum Gasteiger partial charge on any atom is -0.0839 e. The van der Waals surface area contributed by atoms with Crippen LogP contribution in [0, 0.1) is 6.92 Å². The summed E-state index contributed by atoms with van der Waals surface area (Å²) in [7, 11) is 0. The van der Waals surface area contributed by atoms with Gasteiger partial charge in [-0.25, -0.2) is 0 Å². The Morgan fingerprint density at radius 2 is 1.45 bits per heavy atom. The van der Waals surface area contributed by atoms with Crippen LogP contribution >= 0.6 is 46.4 Å². The maximum absolute atomic E-state index is 5.79. The predicted molar refractivity (Wildman–Crippen MR) is 51.2 cm³/mol. The van der Waals surface area contributed by atoms with Crippen LogP contribution in [0.2, 0.25) is 20.1 Å². The third-order valence-corrected chi connectivity index (χ3v) is 3.09. The molecule has 0 aliphatic carbocycles. The summed E-state index contributed by atoms with van der Waals surface area (Å²) < 4.78 is 0. The molecule has 0 atom stereocenters. The summed E-state index contributed by atoms with van der Waals surface area (Å²) >= 11 is 23.0. The van der Waals surface area contributed by atoms with Crippen molar-refractivity contribution in [1.29, 1.82) is 0 Å². The smallest absolute Gasteiger partial charge is 0.0782 e. The van der Waals surface area contributed by atoms with Gasteiger partial charge in [-0.2, -0.15) is 0 Å². The second kappa shape index (κ2) is 3.40. The van der Waals surface area contributed by atoms with E-state index in [0.717, 1.165) is 5.56 Å². The van der Waals surface area contributed by atoms with Gasteiger partial charge in [-0.05, 0) is 18.6 Å². The number of hydrogen-bond donors (Lipinski definition) is 0.